The maximum absolute atomic E-state index is 10.4. The molecule has 3 N–H and O–H groups in total. The van der Waals surface area contributed by atoms with Crippen molar-refractivity contribution in [3.05, 3.63) is 16.1 Å². The molecule has 0 radical (unpaired) electrons. The first-order valence-electron chi connectivity index (χ1n) is 3.57. The minimum Gasteiger partial charge on any atom is -0.480 e. The van der Waals surface area contributed by atoms with E-state index in [1.54, 1.807) is 5.38 Å². The van der Waals surface area contributed by atoms with Gasteiger partial charge < -0.3 is 10.8 Å². The molecule has 0 aromatic carbocycles. The Hall–Kier alpha value is -0.940. The van der Waals surface area contributed by atoms with E-state index in [-0.39, 0.29) is 0 Å². The normalized spacial score (nSPS) is 12.8. The van der Waals surface area contributed by atoms with Crippen LogP contribution in [0.3, 0.4) is 0 Å². The lowest BCUT2D eigenvalue weighted by Crippen LogP contribution is -2.20. The fourth-order valence-electron chi connectivity index (χ4n) is 0.757. The summed E-state index contributed by atoms with van der Waals surface area (Å²) < 4.78 is 0. The molecule has 1 rings (SSSR count). The van der Waals surface area contributed by atoms with Gasteiger partial charge in [-0.15, -0.1) is 11.3 Å². The maximum Gasteiger partial charge on any atom is 0.326 e. The molecule has 1 atom stereocenters. The van der Waals surface area contributed by atoms with Gasteiger partial charge >= 0.3 is 5.97 Å². The largest absolute Gasteiger partial charge is 0.480 e. The molecule has 0 saturated heterocycles. The van der Waals surface area contributed by atoms with Crippen molar-refractivity contribution < 1.29 is 9.90 Å². The predicted molar refractivity (Wildman–Crippen MR) is 46.1 cm³/mol. The second-order valence-electron chi connectivity index (χ2n) is 2.34. The van der Waals surface area contributed by atoms with Crippen LogP contribution >= 0.6 is 11.3 Å². The molecule has 0 fully saturated rings. The first-order chi connectivity index (χ1) is 5.65. The second kappa shape index (κ2) is 3.64. The third kappa shape index (κ3) is 1.80. The zero-order valence-electron chi connectivity index (χ0n) is 6.65. The molecule has 4 nitrogen and oxygen atoms in total. The van der Waals surface area contributed by atoms with Crippen LogP contribution < -0.4 is 5.73 Å². The number of carboxylic acid groups (broad SMARTS) is 1. The minimum atomic E-state index is -1.04. The summed E-state index contributed by atoms with van der Waals surface area (Å²) in [6.45, 7) is 1.97. The van der Waals surface area contributed by atoms with E-state index in [4.69, 9.17) is 10.8 Å². The molecule has 1 unspecified atom stereocenters. The monoisotopic (exact) mass is 186 g/mol. The van der Waals surface area contributed by atoms with Gasteiger partial charge in [-0.25, -0.2) is 4.98 Å². The highest BCUT2D eigenvalue weighted by Crippen LogP contribution is 2.15. The van der Waals surface area contributed by atoms with Crippen LogP contribution in [-0.2, 0) is 11.2 Å². The summed E-state index contributed by atoms with van der Waals surface area (Å²) in [6, 6.07) is -0.985. The van der Waals surface area contributed by atoms with Gasteiger partial charge in [-0.05, 0) is 6.42 Å². The minimum absolute atomic E-state index is 0.448. The zero-order valence-corrected chi connectivity index (χ0v) is 7.47. The van der Waals surface area contributed by atoms with E-state index < -0.39 is 12.0 Å². The molecule has 0 amide bonds. The molecule has 1 aromatic heterocycles. The Bertz CT molecular complexity index is 285. The molecular formula is C7H10N2O2S. The first kappa shape index (κ1) is 9.15. The van der Waals surface area contributed by atoms with Crippen LogP contribution in [0.4, 0.5) is 0 Å². The Morgan fingerprint density at radius 2 is 2.58 bits per heavy atom. The van der Waals surface area contributed by atoms with Gasteiger partial charge in [0.15, 0.2) is 0 Å². The molecule has 0 aliphatic heterocycles. The van der Waals surface area contributed by atoms with Crippen LogP contribution in [0.5, 0.6) is 0 Å². The summed E-state index contributed by atoms with van der Waals surface area (Å²) in [5.74, 6) is -1.04. The Labute approximate surface area is 74.0 Å². The molecule has 0 spiro atoms. The molecule has 1 aromatic rings. The van der Waals surface area contributed by atoms with Gasteiger partial charge in [0.05, 0.1) is 10.7 Å². The molecule has 66 valence electrons. The summed E-state index contributed by atoms with van der Waals surface area (Å²) in [5.41, 5.74) is 5.80. The molecule has 12 heavy (non-hydrogen) atoms. The third-order valence-electron chi connectivity index (χ3n) is 1.46. The lowest BCUT2D eigenvalue weighted by Gasteiger charge is -1.99. The van der Waals surface area contributed by atoms with Crippen LogP contribution in [-0.4, -0.2) is 16.1 Å². The molecule has 0 aliphatic rings. The molecular weight excluding hydrogens is 176 g/mol. The van der Waals surface area contributed by atoms with Crippen LogP contribution in [0, 0.1) is 0 Å². The Morgan fingerprint density at radius 1 is 1.92 bits per heavy atom. The zero-order chi connectivity index (χ0) is 9.14. The number of rotatable bonds is 3. The number of hydrogen-bond donors (Lipinski definition) is 2. The lowest BCUT2D eigenvalue weighted by atomic mass is 10.2. The van der Waals surface area contributed by atoms with Gasteiger partial charge in [-0.3, -0.25) is 4.79 Å². The topological polar surface area (TPSA) is 76.2 Å². The molecule has 0 aliphatic carbocycles. The third-order valence-corrected chi connectivity index (χ3v) is 2.47. The number of carboxylic acids is 1. The van der Waals surface area contributed by atoms with Crippen LogP contribution in [0.1, 0.15) is 23.7 Å². The number of aryl methyl sites for hydroxylation is 1. The van der Waals surface area contributed by atoms with Gasteiger partial charge in [-0.1, -0.05) is 6.92 Å². The second-order valence-corrected chi connectivity index (χ2v) is 3.28. The summed E-state index contributed by atoms with van der Waals surface area (Å²) in [5, 5.41) is 11.2. The average Bonchev–Trinajstić information content (AvgIpc) is 2.50. The van der Waals surface area contributed by atoms with Gasteiger partial charge in [0, 0.05) is 5.38 Å². The molecule has 0 saturated carbocycles. The number of aromatic nitrogens is 1. The molecule has 1 heterocycles. The van der Waals surface area contributed by atoms with Crippen LogP contribution in [0.15, 0.2) is 5.38 Å². The van der Waals surface area contributed by atoms with E-state index in [0.717, 1.165) is 11.4 Å². The summed E-state index contributed by atoms with van der Waals surface area (Å²) >= 11 is 1.44. The number of aliphatic carboxylic acids is 1. The van der Waals surface area contributed by atoms with Crippen molar-refractivity contribution in [2.75, 3.05) is 0 Å². The maximum atomic E-state index is 10.4. The standard InChI is InChI=1S/C7H10N2O2S/c1-2-5-9-4(3-12-5)6(8)7(10)11/h3,6H,2,8H2,1H3,(H,10,11). The highest BCUT2D eigenvalue weighted by molar-refractivity contribution is 7.09. The molecule has 0 bridgehead atoms. The van der Waals surface area contributed by atoms with Crippen LogP contribution in [0.2, 0.25) is 0 Å². The van der Waals surface area contributed by atoms with E-state index in [2.05, 4.69) is 4.98 Å². The smallest absolute Gasteiger partial charge is 0.326 e. The van der Waals surface area contributed by atoms with E-state index in [1.807, 2.05) is 6.92 Å². The average molecular weight is 186 g/mol. The number of carbonyl (C=O) groups is 1. The fraction of sp³-hybridized carbons (Fsp3) is 0.429. The van der Waals surface area contributed by atoms with Gasteiger partial charge in [0.25, 0.3) is 0 Å². The van der Waals surface area contributed by atoms with Crippen molar-refractivity contribution in [3.63, 3.8) is 0 Å². The van der Waals surface area contributed by atoms with E-state index in [0.29, 0.717) is 5.69 Å². The van der Waals surface area contributed by atoms with Gasteiger partial charge in [0.2, 0.25) is 0 Å². The van der Waals surface area contributed by atoms with Crippen molar-refractivity contribution in [2.45, 2.75) is 19.4 Å². The predicted octanol–water partition coefficient (Wildman–Crippen LogP) is 0.790. The van der Waals surface area contributed by atoms with Crippen molar-refractivity contribution in [2.24, 2.45) is 5.73 Å². The van der Waals surface area contributed by atoms with Crippen molar-refractivity contribution in [3.8, 4) is 0 Å². The lowest BCUT2D eigenvalue weighted by molar-refractivity contribution is -0.138. The quantitative estimate of drug-likeness (QED) is 0.731. The Kier molecular flexibility index (Phi) is 2.78. The van der Waals surface area contributed by atoms with E-state index in [1.165, 1.54) is 11.3 Å². The van der Waals surface area contributed by atoms with Gasteiger partial charge in [0.1, 0.15) is 6.04 Å². The van der Waals surface area contributed by atoms with Crippen molar-refractivity contribution in [1.29, 1.82) is 0 Å². The summed E-state index contributed by atoms with van der Waals surface area (Å²) in [7, 11) is 0. The highest BCUT2D eigenvalue weighted by Gasteiger charge is 2.16. The van der Waals surface area contributed by atoms with E-state index >= 15 is 0 Å². The van der Waals surface area contributed by atoms with Crippen molar-refractivity contribution in [1.82, 2.24) is 4.98 Å². The van der Waals surface area contributed by atoms with Gasteiger partial charge in [-0.2, -0.15) is 0 Å². The molecule has 5 heteroatoms. The highest BCUT2D eigenvalue weighted by atomic mass is 32.1. The van der Waals surface area contributed by atoms with E-state index in [9.17, 15) is 4.79 Å². The first-order valence-corrected chi connectivity index (χ1v) is 4.45. The van der Waals surface area contributed by atoms with Crippen LogP contribution in [0.25, 0.3) is 0 Å². The Balaban J connectivity index is 2.81. The van der Waals surface area contributed by atoms with Crippen molar-refractivity contribution >= 4 is 17.3 Å². The number of nitrogens with two attached hydrogens (primary N) is 1. The number of thiazole rings is 1. The number of nitrogens with zero attached hydrogens (tertiary/aromatic N) is 1. The summed E-state index contributed by atoms with van der Waals surface area (Å²) in [4.78, 5) is 14.5. The Morgan fingerprint density at radius 3 is 3.00 bits per heavy atom. The fourth-order valence-corrected chi connectivity index (χ4v) is 1.54. The number of hydrogen-bond acceptors (Lipinski definition) is 4. The summed E-state index contributed by atoms with van der Waals surface area (Å²) in [6.07, 6.45) is 0.816. The SMILES string of the molecule is CCc1nc(C(N)C(=O)O)cs1.